The summed E-state index contributed by atoms with van der Waals surface area (Å²) in [7, 11) is 0. The number of aryl methyl sites for hydroxylation is 1. The second-order valence-electron chi connectivity index (χ2n) is 10.7. The number of Topliss-reactive ketones (excluding diaryl/α,β-unsaturated/α-hetero) is 1. The van der Waals surface area contributed by atoms with E-state index < -0.39 is 6.17 Å². The molecular formula is C34H32ClFN4O2. The number of ketones is 1. The van der Waals surface area contributed by atoms with Crippen LogP contribution in [0.15, 0.2) is 96.1 Å². The van der Waals surface area contributed by atoms with Gasteiger partial charge in [0.15, 0.2) is 17.8 Å². The van der Waals surface area contributed by atoms with Gasteiger partial charge in [0.2, 0.25) is 0 Å². The number of hydrogen-bond donors (Lipinski definition) is 0. The molecule has 0 aromatic heterocycles. The summed E-state index contributed by atoms with van der Waals surface area (Å²) in [6.07, 6.45) is 1.78. The second kappa shape index (κ2) is 11.9. The fraction of sp³-hybridized carbons (Fsp3) is 0.235. The molecule has 2 heterocycles. The molecule has 42 heavy (non-hydrogen) atoms. The fourth-order valence-electron chi connectivity index (χ4n) is 5.52. The standard InChI is InChI=1S/C34H32ClFN4O2/c1-23-9-12-29(13-10-23)40-34(30-21-26(35)11-18-32(30)42-22-25-7-3-4-8-31(25)36)39(33(37-40)24(2)41)28-16-14-27(15-17-28)38-19-5-6-20-38/h3-4,7-18,21,34H,5-6,19-20,22H2,1-2H3/t34-/m0/s1. The fourth-order valence-corrected chi connectivity index (χ4v) is 5.70. The summed E-state index contributed by atoms with van der Waals surface area (Å²) in [6, 6.07) is 28.1. The van der Waals surface area contributed by atoms with Crippen molar-refractivity contribution in [2.24, 2.45) is 5.10 Å². The number of halogens is 2. The number of carbonyl (C=O) groups is 1. The van der Waals surface area contributed by atoms with Gasteiger partial charge in [-0.3, -0.25) is 9.69 Å². The number of amidine groups is 1. The smallest absolute Gasteiger partial charge is 0.198 e. The van der Waals surface area contributed by atoms with E-state index in [9.17, 15) is 9.18 Å². The van der Waals surface area contributed by atoms with E-state index in [4.69, 9.17) is 21.4 Å². The van der Waals surface area contributed by atoms with Crippen LogP contribution in [0, 0.1) is 12.7 Å². The molecule has 4 aromatic rings. The third-order valence-electron chi connectivity index (χ3n) is 7.71. The van der Waals surface area contributed by atoms with E-state index in [2.05, 4.69) is 17.0 Å². The topological polar surface area (TPSA) is 48.4 Å². The van der Waals surface area contributed by atoms with E-state index in [1.54, 1.807) is 30.3 Å². The monoisotopic (exact) mass is 582 g/mol. The summed E-state index contributed by atoms with van der Waals surface area (Å²) in [4.78, 5) is 17.4. The quantitative estimate of drug-likeness (QED) is 0.211. The molecular weight excluding hydrogens is 551 g/mol. The first-order chi connectivity index (χ1) is 20.4. The number of hydrazone groups is 1. The molecule has 4 aromatic carbocycles. The molecule has 0 spiro atoms. The molecule has 0 aliphatic carbocycles. The number of anilines is 3. The van der Waals surface area contributed by atoms with Crippen LogP contribution < -0.4 is 19.5 Å². The summed E-state index contributed by atoms with van der Waals surface area (Å²) >= 11 is 6.58. The Kier molecular flexibility index (Phi) is 7.85. The molecule has 6 nitrogen and oxygen atoms in total. The zero-order chi connectivity index (χ0) is 29.2. The van der Waals surface area contributed by atoms with Crippen molar-refractivity contribution in [2.45, 2.75) is 39.5 Å². The van der Waals surface area contributed by atoms with Crippen molar-refractivity contribution in [2.75, 3.05) is 27.9 Å². The van der Waals surface area contributed by atoms with Crippen LogP contribution in [0.3, 0.4) is 0 Å². The summed E-state index contributed by atoms with van der Waals surface area (Å²) < 4.78 is 20.7. The number of hydrogen-bond acceptors (Lipinski definition) is 6. The zero-order valence-corrected chi connectivity index (χ0v) is 24.4. The SMILES string of the molecule is CC(=O)C1=NN(c2ccc(C)cc2)[C@@H](c2cc(Cl)ccc2OCc2ccccc2F)N1c1ccc(N2CCCC2)cc1. The summed E-state index contributed by atoms with van der Waals surface area (Å²) in [5.74, 6) is 0.309. The van der Waals surface area contributed by atoms with Crippen LogP contribution in [0.25, 0.3) is 0 Å². The highest BCUT2D eigenvalue weighted by molar-refractivity contribution is 6.44. The van der Waals surface area contributed by atoms with Crippen LogP contribution in [0.1, 0.15) is 42.6 Å². The Morgan fingerprint density at radius 1 is 0.929 bits per heavy atom. The molecule has 0 bridgehead atoms. The molecule has 2 aliphatic rings. The van der Waals surface area contributed by atoms with Crippen LogP contribution in [-0.2, 0) is 11.4 Å². The highest BCUT2D eigenvalue weighted by Gasteiger charge is 2.41. The van der Waals surface area contributed by atoms with Gasteiger partial charge < -0.3 is 9.64 Å². The normalized spacial score (nSPS) is 16.6. The Morgan fingerprint density at radius 3 is 2.29 bits per heavy atom. The zero-order valence-electron chi connectivity index (χ0n) is 23.6. The van der Waals surface area contributed by atoms with Gasteiger partial charge in [0, 0.05) is 47.5 Å². The lowest BCUT2D eigenvalue weighted by atomic mass is 10.1. The maximum absolute atomic E-state index is 14.5. The first kappa shape index (κ1) is 27.8. The number of benzene rings is 4. The second-order valence-corrected chi connectivity index (χ2v) is 11.1. The molecule has 0 amide bonds. The van der Waals surface area contributed by atoms with Gasteiger partial charge in [-0.2, -0.15) is 0 Å². The highest BCUT2D eigenvalue weighted by Crippen LogP contribution is 2.43. The molecule has 1 saturated heterocycles. The van der Waals surface area contributed by atoms with Crippen molar-refractivity contribution in [3.8, 4) is 5.75 Å². The lowest BCUT2D eigenvalue weighted by molar-refractivity contribution is -0.111. The van der Waals surface area contributed by atoms with Gasteiger partial charge in [0.05, 0.1) is 5.69 Å². The van der Waals surface area contributed by atoms with Crippen LogP contribution in [0.4, 0.5) is 21.5 Å². The molecule has 1 fully saturated rings. The van der Waals surface area contributed by atoms with E-state index >= 15 is 0 Å². The van der Waals surface area contributed by atoms with Gasteiger partial charge in [0.25, 0.3) is 0 Å². The molecule has 1 atom stereocenters. The van der Waals surface area contributed by atoms with Gasteiger partial charge in [-0.15, -0.1) is 5.10 Å². The summed E-state index contributed by atoms with van der Waals surface area (Å²) in [5, 5.41) is 7.20. The maximum Gasteiger partial charge on any atom is 0.198 e. The third-order valence-corrected chi connectivity index (χ3v) is 7.95. The van der Waals surface area contributed by atoms with E-state index in [-0.39, 0.29) is 18.2 Å². The van der Waals surface area contributed by atoms with Gasteiger partial charge in [-0.25, -0.2) is 9.40 Å². The average molecular weight is 583 g/mol. The minimum atomic E-state index is -0.599. The van der Waals surface area contributed by atoms with Crippen molar-refractivity contribution in [3.05, 3.63) is 119 Å². The van der Waals surface area contributed by atoms with Crippen molar-refractivity contribution < 1.29 is 13.9 Å². The van der Waals surface area contributed by atoms with E-state index in [0.29, 0.717) is 27.7 Å². The molecule has 0 N–H and O–H groups in total. The number of nitrogens with zero attached hydrogens (tertiary/aromatic N) is 4. The van der Waals surface area contributed by atoms with Gasteiger partial charge in [-0.1, -0.05) is 47.5 Å². The summed E-state index contributed by atoms with van der Waals surface area (Å²) in [5.41, 5.74) is 5.02. The van der Waals surface area contributed by atoms with E-state index in [0.717, 1.165) is 35.7 Å². The Morgan fingerprint density at radius 2 is 1.60 bits per heavy atom. The van der Waals surface area contributed by atoms with Crippen LogP contribution in [0.5, 0.6) is 5.75 Å². The Hall–Kier alpha value is -4.36. The van der Waals surface area contributed by atoms with E-state index in [1.165, 1.54) is 25.8 Å². The largest absolute Gasteiger partial charge is 0.488 e. The maximum atomic E-state index is 14.5. The first-order valence-corrected chi connectivity index (χ1v) is 14.5. The van der Waals surface area contributed by atoms with Crippen LogP contribution >= 0.6 is 11.6 Å². The van der Waals surface area contributed by atoms with Gasteiger partial charge >= 0.3 is 0 Å². The molecule has 0 saturated carbocycles. The van der Waals surface area contributed by atoms with Crippen LogP contribution in [0.2, 0.25) is 5.02 Å². The molecule has 0 unspecified atom stereocenters. The lowest BCUT2D eigenvalue weighted by Gasteiger charge is -2.33. The van der Waals surface area contributed by atoms with Gasteiger partial charge in [-0.05, 0) is 80.4 Å². The molecule has 8 heteroatoms. The molecule has 214 valence electrons. The highest BCUT2D eigenvalue weighted by atomic mass is 35.5. The van der Waals surface area contributed by atoms with Crippen molar-refractivity contribution in [1.29, 1.82) is 0 Å². The van der Waals surface area contributed by atoms with E-state index in [1.807, 2.05) is 59.3 Å². The number of ether oxygens (including phenoxy) is 1. The minimum Gasteiger partial charge on any atom is -0.488 e. The lowest BCUT2D eigenvalue weighted by Crippen LogP contribution is -2.38. The third kappa shape index (κ3) is 5.57. The molecule has 6 rings (SSSR count). The average Bonchev–Trinajstić information content (AvgIpc) is 3.67. The molecule has 0 radical (unpaired) electrons. The van der Waals surface area contributed by atoms with Crippen LogP contribution in [-0.4, -0.2) is 24.7 Å². The number of carbonyl (C=O) groups excluding carboxylic acids is 1. The Bertz CT molecular complexity index is 1620. The van der Waals surface area contributed by atoms with Crippen molar-refractivity contribution in [3.63, 3.8) is 0 Å². The Labute approximate surface area is 250 Å². The van der Waals surface area contributed by atoms with Crippen molar-refractivity contribution >= 4 is 40.3 Å². The first-order valence-electron chi connectivity index (χ1n) is 14.1. The summed E-state index contributed by atoms with van der Waals surface area (Å²) in [6.45, 7) is 5.66. The van der Waals surface area contributed by atoms with Gasteiger partial charge in [0.1, 0.15) is 18.2 Å². The minimum absolute atomic E-state index is 0.0313. The molecule has 2 aliphatic heterocycles. The Balaban J connectivity index is 1.45. The predicted octanol–water partition coefficient (Wildman–Crippen LogP) is 7.89. The van der Waals surface area contributed by atoms with Crippen molar-refractivity contribution in [1.82, 2.24) is 0 Å². The predicted molar refractivity (Wildman–Crippen MR) is 167 cm³/mol. The number of rotatable bonds is 8.